The Bertz CT molecular complexity index is 763. The van der Waals surface area contributed by atoms with Crippen LogP contribution >= 0.6 is 23.2 Å². The zero-order valence-corrected chi connectivity index (χ0v) is 14.0. The topological polar surface area (TPSA) is 68.3 Å². The Morgan fingerprint density at radius 1 is 1.17 bits per heavy atom. The van der Waals surface area contributed by atoms with Crippen molar-refractivity contribution in [1.82, 2.24) is 4.98 Å². The number of halogens is 2. The van der Waals surface area contributed by atoms with Crippen molar-refractivity contribution in [3.05, 3.63) is 57.3 Å². The van der Waals surface area contributed by atoms with Gasteiger partial charge in [0.15, 0.2) is 6.61 Å². The first-order chi connectivity index (χ1) is 10.9. The molecule has 0 atom stereocenters. The van der Waals surface area contributed by atoms with Gasteiger partial charge in [0.25, 0.3) is 5.91 Å². The van der Waals surface area contributed by atoms with E-state index in [0.717, 1.165) is 11.1 Å². The molecule has 7 heteroatoms. The van der Waals surface area contributed by atoms with Gasteiger partial charge in [0.05, 0.1) is 10.6 Å². The van der Waals surface area contributed by atoms with Crippen molar-refractivity contribution in [2.45, 2.75) is 13.8 Å². The van der Waals surface area contributed by atoms with E-state index in [4.69, 9.17) is 27.9 Å². The van der Waals surface area contributed by atoms with Crippen LogP contribution in [0.15, 0.2) is 30.5 Å². The lowest BCUT2D eigenvalue weighted by atomic mass is 10.1. The fraction of sp³-hybridized carbons (Fsp3) is 0.188. The third kappa shape index (κ3) is 4.68. The van der Waals surface area contributed by atoms with Crippen LogP contribution in [0.2, 0.25) is 10.2 Å². The van der Waals surface area contributed by atoms with Crippen LogP contribution in [0, 0.1) is 13.8 Å². The van der Waals surface area contributed by atoms with Gasteiger partial charge in [0, 0.05) is 11.9 Å². The molecule has 2 aromatic rings. The highest BCUT2D eigenvalue weighted by molar-refractivity contribution is 6.41. The number of aryl methyl sites for hydroxylation is 2. The van der Waals surface area contributed by atoms with Crippen LogP contribution in [0.25, 0.3) is 0 Å². The van der Waals surface area contributed by atoms with Crippen LogP contribution in [-0.2, 0) is 9.53 Å². The summed E-state index contributed by atoms with van der Waals surface area (Å²) in [6.45, 7) is 3.52. The Labute approximate surface area is 143 Å². The Morgan fingerprint density at radius 3 is 2.57 bits per heavy atom. The molecule has 2 rings (SSSR count). The van der Waals surface area contributed by atoms with E-state index in [-0.39, 0.29) is 15.7 Å². The lowest BCUT2D eigenvalue weighted by Gasteiger charge is -2.08. The number of benzene rings is 1. The maximum atomic E-state index is 11.8. The molecule has 1 aromatic carbocycles. The fourth-order valence-electron chi connectivity index (χ4n) is 1.76. The molecule has 0 aliphatic heterocycles. The number of ether oxygens (including phenoxy) is 1. The van der Waals surface area contributed by atoms with Crippen LogP contribution in [-0.4, -0.2) is 23.5 Å². The summed E-state index contributed by atoms with van der Waals surface area (Å²) in [6, 6.07) is 6.86. The van der Waals surface area contributed by atoms with Gasteiger partial charge in [0.1, 0.15) is 5.15 Å². The van der Waals surface area contributed by atoms with E-state index < -0.39 is 18.5 Å². The Balaban J connectivity index is 1.91. The molecule has 1 amide bonds. The number of anilines is 1. The summed E-state index contributed by atoms with van der Waals surface area (Å²) in [7, 11) is 0. The van der Waals surface area contributed by atoms with E-state index in [0.29, 0.717) is 5.69 Å². The van der Waals surface area contributed by atoms with Gasteiger partial charge >= 0.3 is 5.97 Å². The van der Waals surface area contributed by atoms with Crippen molar-refractivity contribution < 1.29 is 14.3 Å². The standard InChI is InChI=1S/C16H14Cl2N2O3/c1-9-3-4-12(5-10(9)2)20-14(21)8-23-16(22)11-6-13(17)15(18)19-7-11/h3-7H,8H2,1-2H3,(H,20,21). The Morgan fingerprint density at radius 2 is 1.91 bits per heavy atom. The smallest absolute Gasteiger partial charge is 0.340 e. The van der Waals surface area contributed by atoms with Crippen molar-refractivity contribution in [3.63, 3.8) is 0 Å². The van der Waals surface area contributed by atoms with Crippen molar-refractivity contribution >= 4 is 40.8 Å². The lowest BCUT2D eigenvalue weighted by molar-refractivity contribution is -0.119. The van der Waals surface area contributed by atoms with Crippen LogP contribution in [0.4, 0.5) is 5.69 Å². The molecule has 0 spiro atoms. The number of carbonyl (C=O) groups excluding carboxylic acids is 2. The molecule has 0 saturated heterocycles. The van der Waals surface area contributed by atoms with Crippen LogP contribution in [0.5, 0.6) is 0 Å². The number of carbonyl (C=O) groups is 2. The van der Waals surface area contributed by atoms with Crippen molar-refractivity contribution in [2.75, 3.05) is 11.9 Å². The summed E-state index contributed by atoms with van der Waals surface area (Å²) in [4.78, 5) is 27.4. The number of nitrogens with one attached hydrogen (secondary N) is 1. The minimum atomic E-state index is -0.702. The summed E-state index contributed by atoms with van der Waals surface area (Å²) in [5, 5.41) is 2.89. The van der Waals surface area contributed by atoms with Crippen molar-refractivity contribution in [3.8, 4) is 0 Å². The first kappa shape index (κ1) is 17.2. The number of nitrogens with zero attached hydrogens (tertiary/aromatic N) is 1. The van der Waals surface area contributed by atoms with E-state index in [1.165, 1.54) is 12.3 Å². The first-order valence-corrected chi connectivity index (χ1v) is 7.47. The Hall–Kier alpha value is -2.11. The molecule has 0 radical (unpaired) electrons. The van der Waals surface area contributed by atoms with Gasteiger partial charge in [0.2, 0.25) is 0 Å². The number of hydrogen-bond donors (Lipinski definition) is 1. The fourth-order valence-corrected chi connectivity index (χ4v) is 2.03. The molecule has 23 heavy (non-hydrogen) atoms. The molecule has 1 N–H and O–H groups in total. The number of esters is 1. The molecule has 0 fully saturated rings. The van der Waals surface area contributed by atoms with Crippen molar-refractivity contribution in [2.24, 2.45) is 0 Å². The molecule has 0 unspecified atom stereocenters. The minimum Gasteiger partial charge on any atom is -0.452 e. The van der Waals surface area contributed by atoms with Crippen LogP contribution in [0.3, 0.4) is 0 Å². The summed E-state index contributed by atoms with van der Waals surface area (Å²) >= 11 is 11.4. The molecule has 0 saturated carbocycles. The predicted molar refractivity (Wildman–Crippen MR) is 89.1 cm³/mol. The summed E-state index contributed by atoms with van der Waals surface area (Å²) in [6.07, 6.45) is 1.23. The highest BCUT2D eigenvalue weighted by atomic mass is 35.5. The van der Waals surface area contributed by atoms with Crippen LogP contribution < -0.4 is 5.32 Å². The maximum absolute atomic E-state index is 11.8. The second-order valence-electron chi connectivity index (χ2n) is 4.92. The third-order valence-electron chi connectivity index (χ3n) is 3.16. The second kappa shape index (κ2) is 7.44. The van der Waals surface area contributed by atoms with Gasteiger partial charge in [-0.15, -0.1) is 0 Å². The molecule has 0 aliphatic rings. The molecule has 120 valence electrons. The monoisotopic (exact) mass is 352 g/mol. The summed E-state index contributed by atoms with van der Waals surface area (Å²) in [5.41, 5.74) is 2.95. The highest BCUT2D eigenvalue weighted by Crippen LogP contribution is 2.20. The predicted octanol–water partition coefficient (Wildman–Crippen LogP) is 3.80. The minimum absolute atomic E-state index is 0.0932. The van der Waals surface area contributed by atoms with Gasteiger partial charge in [-0.05, 0) is 43.2 Å². The largest absolute Gasteiger partial charge is 0.452 e. The average Bonchev–Trinajstić information content (AvgIpc) is 2.51. The zero-order valence-electron chi connectivity index (χ0n) is 12.5. The van der Waals surface area contributed by atoms with E-state index in [1.807, 2.05) is 26.0 Å². The number of aromatic nitrogens is 1. The quantitative estimate of drug-likeness (QED) is 0.671. The SMILES string of the molecule is Cc1ccc(NC(=O)COC(=O)c2cnc(Cl)c(Cl)c2)cc1C. The van der Waals surface area contributed by atoms with E-state index >= 15 is 0 Å². The first-order valence-electron chi connectivity index (χ1n) is 6.72. The van der Waals surface area contributed by atoms with Gasteiger partial charge in [-0.1, -0.05) is 29.3 Å². The molecule has 0 bridgehead atoms. The van der Waals surface area contributed by atoms with E-state index in [9.17, 15) is 9.59 Å². The molecule has 1 heterocycles. The lowest BCUT2D eigenvalue weighted by Crippen LogP contribution is -2.21. The van der Waals surface area contributed by atoms with E-state index in [1.54, 1.807) is 6.07 Å². The normalized spacial score (nSPS) is 10.3. The van der Waals surface area contributed by atoms with Gasteiger partial charge in [-0.25, -0.2) is 9.78 Å². The van der Waals surface area contributed by atoms with E-state index in [2.05, 4.69) is 10.3 Å². The maximum Gasteiger partial charge on any atom is 0.340 e. The number of hydrogen-bond acceptors (Lipinski definition) is 4. The third-order valence-corrected chi connectivity index (χ3v) is 3.84. The zero-order chi connectivity index (χ0) is 17.0. The molecule has 0 aliphatic carbocycles. The number of amides is 1. The van der Waals surface area contributed by atoms with Gasteiger partial charge in [-0.3, -0.25) is 4.79 Å². The highest BCUT2D eigenvalue weighted by Gasteiger charge is 2.13. The molecular formula is C16H14Cl2N2O3. The molecule has 5 nitrogen and oxygen atoms in total. The Kier molecular flexibility index (Phi) is 5.58. The number of rotatable bonds is 4. The number of pyridine rings is 1. The summed E-state index contributed by atoms with van der Waals surface area (Å²) < 4.78 is 4.92. The average molecular weight is 353 g/mol. The summed E-state index contributed by atoms with van der Waals surface area (Å²) in [5.74, 6) is -1.14. The molecule has 1 aromatic heterocycles. The molecular weight excluding hydrogens is 339 g/mol. The van der Waals surface area contributed by atoms with Gasteiger partial charge in [-0.2, -0.15) is 0 Å². The van der Waals surface area contributed by atoms with Gasteiger partial charge < -0.3 is 10.1 Å². The van der Waals surface area contributed by atoms with Crippen LogP contribution in [0.1, 0.15) is 21.5 Å². The van der Waals surface area contributed by atoms with Crippen molar-refractivity contribution in [1.29, 1.82) is 0 Å². The second-order valence-corrected chi connectivity index (χ2v) is 5.69.